The molecule has 2 rings (SSSR count). The monoisotopic (exact) mass is 281 g/mol. The van der Waals surface area contributed by atoms with E-state index in [1.54, 1.807) is 13.0 Å². The zero-order valence-corrected chi connectivity index (χ0v) is 11.4. The fourth-order valence-corrected chi connectivity index (χ4v) is 2.50. The maximum Gasteiger partial charge on any atom is 0.326 e. The van der Waals surface area contributed by atoms with Crippen molar-refractivity contribution < 1.29 is 14.7 Å². The Bertz CT molecular complexity index is 503. The molecule has 0 radical (unpaired) electrons. The van der Waals surface area contributed by atoms with Gasteiger partial charge in [-0.3, -0.25) is 4.79 Å². The van der Waals surface area contributed by atoms with Gasteiger partial charge in [0.05, 0.1) is 0 Å². The van der Waals surface area contributed by atoms with E-state index in [1.807, 2.05) is 18.2 Å². The largest absolute Gasteiger partial charge is 0.480 e. The standard InChI is InChI=1S/C14H16ClNO3/c1-2-12(14(18)19)16-13(17)10-7-9(10)8-5-3-4-6-11(8)15/h3-6,9-10,12H,2,7H2,1H3,(H,16,17)(H,18,19). The number of benzene rings is 1. The lowest BCUT2D eigenvalue weighted by atomic mass is 10.1. The van der Waals surface area contributed by atoms with E-state index in [9.17, 15) is 9.59 Å². The number of carbonyl (C=O) groups excluding carboxylic acids is 1. The highest BCUT2D eigenvalue weighted by molar-refractivity contribution is 6.31. The zero-order chi connectivity index (χ0) is 14.0. The van der Waals surface area contributed by atoms with Crippen LogP contribution in [-0.4, -0.2) is 23.0 Å². The van der Waals surface area contributed by atoms with Crippen molar-refractivity contribution in [2.45, 2.75) is 31.7 Å². The highest BCUT2D eigenvalue weighted by Crippen LogP contribution is 2.49. The molecule has 1 saturated carbocycles. The predicted molar refractivity (Wildman–Crippen MR) is 72.2 cm³/mol. The Labute approximate surface area is 116 Å². The summed E-state index contributed by atoms with van der Waals surface area (Å²) < 4.78 is 0. The summed E-state index contributed by atoms with van der Waals surface area (Å²) in [6, 6.07) is 6.65. The number of hydrogen-bond donors (Lipinski definition) is 2. The first kappa shape index (κ1) is 13.9. The van der Waals surface area contributed by atoms with Crippen molar-refractivity contribution in [2.24, 2.45) is 5.92 Å². The van der Waals surface area contributed by atoms with Crippen LogP contribution >= 0.6 is 11.6 Å². The molecule has 3 unspecified atom stereocenters. The smallest absolute Gasteiger partial charge is 0.326 e. The first-order valence-corrected chi connectivity index (χ1v) is 6.70. The summed E-state index contributed by atoms with van der Waals surface area (Å²) in [6.45, 7) is 1.73. The van der Waals surface area contributed by atoms with Gasteiger partial charge in [0.15, 0.2) is 0 Å². The minimum Gasteiger partial charge on any atom is -0.480 e. The van der Waals surface area contributed by atoms with Gasteiger partial charge in [0.2, 0.25) is 5.91 Å². The summed E-state index contributed by atoms with van der Waals surface area (Å²) in [5.74, 6) is -1.24. The van der Waals surface area contributed by atoms with Crippen LogP contribution in [0.15, 0.2) is 24.3 Å². The molecule has 0 aromatic heterocycles. The normalized spacial score (nSPS) is 22.6. The Morgan fingerprint density at radius 3 is 2.74 bits per heavy atom. The minimum absolute atomic E-state index is 0.111. The van der Waals surface area contributed by atoms with Crippen molar-refractivity contribution in [1.29, 1.82) is 0 Å². The molecule has 0 aliphatic heterocycles. The molecule has 2 N–H and O–H groups in total. The van der Waals surface area contributed by atoms with Gasteiger partial charge in [-0.1, -0.05) is 36.7 Å². The number of carboxylic acids is 1. The Morgan fingerprint density at radius 2 is 2.16 bits per heavy atom. The highest BCUT2D eigenvalue weighted by atomic mass is 35.5. The van der Waals surface area contributed by atoms with Crippen LogP contribution in [0.3, 0.4) is 0 Å². The van der Waals surface area contributed by atoms with E-state index in [-0.39, 0.29) is 17.7 Å². The number of halogens is 1. The van der Waals surface area contributed by atoms with E-state index in [0.29, 0.717) is 11.4 Å². The lowest BCUT2D eigenvalue weighted by molar-refractivity contribution is -0.142. The van der Waals surface area contributed by atoms with Crippen LogP contribution < -0.4 is 5.32 Å². The molecule has 1 amide bonds. The topological polar surface area (TPSA) is 66.4 Å². The quantitative estimate of drug-likeness (QED) is 0.871. The number of aliphatic carboxylic acids is 1. The third-order valence-corrected chi connectivity index (χ3v) is 3.80. The molecule has 1 fully saturated rings. The number of hydrogen-bond acceptors (Lipinski definition) is 2. The van der Waals surface area contributed by atoms with E-state index in [0.717, 1.165) is 12.0 Å². The summed E-state index contributed by atoms with van der Waals surface area (Å²) in [6.07, 6.45) is 1.11. The van der Waals surface area contributed by atoms with Crippen molar-refractivity contribution in [1.82, 2.24) is 5.32 Å². The number of carbonyl (C=O) groups is 2. The Kier molecular flexibility index (Phi) is 4.10. The van der Waals surface area contributed by atoms with Crippen LogP contribution in [0.25, 0.3) is 0 Å². The second-order valence-electron chi connectivity index (χ2n) is 4.78. The Balaban J connectivity index is 1.98. The van der Waals surface area contributed by atoms with Gasteiger partial charge in [0, 0.05) is 10.9 Å². The number of rotatable bonds is 5. The van der Waals surface area contributed by atoms with Gasteiger partial charge < -0.3 is 10.4 Å². The lowest BCUT2D eigenvalue weighted by Crippen LogP contribution is -2.41. The average Bonchev–Trinajstić information content (AvgIpc) is 3.16. The predicted octanol–water partition coefficient (Wildman–Crippen LogP) is 2.42. The van der Waals surface area contributed by atoms with Gasteiger partial charge in [0.1, 0.15) is 6.04 Å². The molecule has 19 heavy (non-hydrogen) atoms. The molecule has 0 heterocycles. The van der Waals surface area contributed by atoms with Gasteiger partial charge in [-0.2, -0.15) is 0 Å². The second-order valence-corrected chi connectivity index (χ2v) is 5.19. The average molecular weight is 282 g/mol. The van der Waals surface area contributed by atoms with Crippen LogP contribution in [0.2, 0.25) is 5.02 Å². The van der Waals surface area contributed by atoms with E-state index >= 15 is 0 Å². The molecule has 102 valence electrons. The van der Waals surface area contributed by atoms with Crippen LogP contribution in [0.5, 0.6) is 0 Å². The minimum atomic E-state index is -0.995. The summed E-state index contributed by atoms with van der Waals surface area (Å²) in [4.78, 5) is 22.8. The fourth-order valence-electron chi connectivity index (χ4n) is 2.22. The van der Waals surface area contributed by atoms with Gasteiger partial charge in [-0.15, -0.1) is 0 Å². The second kappa shape index (κ2) is 5.61. The third kappa shape index (κ3) is 3.07. The van der Waals surface area contributed by atoms with E-state index in [1.165, 1.54) is 0 Å². The third-order valence-electron chi connectivity index (χ3n) is 3.45. The van der Waals surface area contributed by atoms with E-state index < -0.39 is 12.0 Å². The Morgan fingerprint density at radius 1 is 1.47 bits per heavy atom. The fraction of sp³-hybridized carbons (Fsp3) is 0.429. The van der Waals surface area contributed by atoms with Crippen molar-refractivity contribution in [3.8, 4) is 0 Å². The van der Waals surface area contributed by atoms with E-state index in [2.05, 4.69) is 5.32 Å². The molecule has 3 atom stereocenters. The molecule has 0 bridgehead atoms. The van der Waals surface area contributed by atoms with E-state index in [4.69, 9.17) is 16.7 Å². The number of carboxylic acid groups (broad SMARTS) is 1. The first-order valence-electron chi connectivity index (χ1n) is 6.32. The van der Waals surface area contributed by atoms with Gasteiger partial charge in [0.25, 0.3) is 0 Å². The molecule has 0 saturated heterocycles. The van der Waals surface area contributed by atoms with Crippen LogP contribution in [0.4, 0.5) is 0 Å². The SMILES string of the molecule is CCC(NC(=O)C1CC1c1ccccc1Cl)C(=O)O. The molecular formula is C14H16ClNO3. The molecule has 1 aliphatic rings. The summed E-state index contributed by atoms with van der Waals surface area (Å²) in [7, 11) is 0. The maximum atomic E-state index is 12.0. The number of amides is 1. The van der Waals surface area contributed by atoms with Gasteiger partial charge in [-0.05, 0) is 30.4 Å². The summed E-state index contributed by atoms with van der Waals surface area (Å²) in [5.41, 5.74) is 0.965. The Hall–Kier alpha value is -1.55. The molecule has 1 aliphatic carbocycles. The summed E-state index contributed by atoms with van der Waals surface area (Å²) in [5, 5.41) is 12.1. The van der Waals surface area contributed by atoms with Crippen molar-refractivity contribution in [3.63, 3.8) is 0 Å². The number of nitrogens with one attached hydrogen (secondary N) is 1. The van der Waals surface area contributed by atoms with Crippen molar-refractivity contribution in [3.05, 3.63) is 34.9 Å². The zero-order valence-electron chi connectivity index (χ0n) is 10.6. The summed E-state index contributed by atoms with van der Waals surface area (Å²) >= 11 is 6.09. The molecule has 0 spiro atoms. The molecule has 1 aromatic carbocycles. The molecule has 4 nitrogen and oxygen atoms in total. The highest BCUT2D eigenvalue weighted by Gasteiger charge is 2.45. The van der Waals surface area contributed by atoms with Crippen molar-refractivity contribution in [2.75, 3.05) is 0 Å². The van der Waals surface area contributed by atoms with Gasteiger partial charge in [-0.25, -0.2) is 4.79 Å². The first-order chi connectivity index (χ1) is 9.04. The van der Waals surface area contributed by atoms with Crippen molar-refractivity contribution >= 4 is 23.5 Å². The maximum absolute atomic E-state index is 12.0. The van der Waals surface area contributed by atoms with Crippen LogP contribution in [0, 0.1) is 5.92 Å². The molecule has 1 aromatic rings. The molecular weight excluding hydrogens is 266 g/mol. The molecule has 5 heteroatoms. The lowest BCUT2D eigenvalue weighted by Gasteiger charge is -2.12. The van der Waals surface area contributed by atoms with Gasteiger partial charge >= 0.3 is 5.97 Å². The van der Waals surface area contributed by atoms with Crippen LogP contribution in [-0.2, 0) is 9.59 Å². The van der Waals surface area contributed by atoms with Crippen LogP contribution in [0.1, 0.15) is 31.2 Å².